The van der Waals surface area contributed by atoms with Crippen molar-refractivity contribution in [1.29, 1.82) is 0 Å². The van der Waals surface area contributed by atoms with Gasteiger partial charge < -0.3 is 19.7 Å². The van der Waals surface area contributed by atoms with E-state index in [2.05, 4.69) is 34.0 Å². The second-order valence-corrected chi connectivity index (χ2v) is 8.89. The Morgan fingerprint density at radius 2 is 1.97 bits per heavy atom. The van der Waals surface area contributed by atoms with Gasteiger partial charge in [-0.3, -0.25) is 14.5 Å². The van der Waals surface area contributed by atoms with Crippen molar-refractivity contribution in [3.05, 3.63) is 48.0 Å². The number of fused-ring (bicyclic) bond motifs is 1. The van der Waals surface area contributed by atoms with Gasteiger partial charge in [-0.25, -0.2) is 9.97 Å². The number of methoxy groups -OCH3 is 1. The molecule has 0 radical (unpaired) electrons. The molecule has 0 unspecified atom stereocenters. The number of anilines is 1. The molecular formula is C25H35N5O4. The van der Waals surface area contributed by atoms with Crippen molar-refractivity contribution in [2.75, 3.05) is 39.2 Å². The molecule has 0 fully saturated rings. The number of rotatable bonds is 5. The van der Waals surface area contributed by atoms with Crippen LogP contribution < -0.4 is 10.1 Å². The van der Waals surface area contributed by atoms with Gasteiger partial charge in [-0.1, -0.05) is 13.8 Å². The smallest absolute Gasteiger partial charge is 0.257 e. The third kappa shape index (κ3) is 6.51. The topological polar surface area (TPSA) is 96.9 Å². The lowest BCUT2D eigenvalue weighted by Gasteiger charge is -2.36. The van der Waals surface area contributed by atoms with Crippen LogP contribution in [-0.4, -0.2) is 77.6 Å². The second-order valence-electron chi connectivity index (χ2n) is 8.89. The monoisotopic (exact) mass is 469 g/mol. The van der Waals surface area contributed by atoms with Gasteiger partial charge in [0.25, 0.3) is 5.91 Å². The minimum atomic E-state index is -0.149. The fourth-order valence-electron chi connectivity index (χ4n) is 4.04. The lowest BCUT2D eigenvalue weighted by molar-refractivity contribution is -0.115. The third-order valence-electron chi connectivity index (χ3n) is 6.18. The van der Waals surface area contributed by atoms with Gasteiger partial charge >= 0.3 is 0 Å². The quantitative estimate of drug-likeness (QED) is 0.719. The highest BCUT2D eigenvalue weighted by atomic mass is 16.5. The molecule has 1 aliphatic heterocycles. The molecule has 0 aliphatic carbocycles. The first-order valence-electron chi connectivity index (χ1n) is 11.6. The van der Waals surface area contributed by atoms with Crippen LogP contribution in [0.5, 0.6) is 5.75 Å². The SMILES string of the molecule is CCC(=O)Nc1ccc2c(c1)OC[C@H](C)N(Cc1cncnc1)C[C@@H](C)[C@H](OC)CN(C)C2=O. The van der Waals surface area contributed by atoms with Gasteiger partial charge in [0.1, 0.15) is 18.7 Å². The van der Waals surface area contributed by atoms with Crippen molar-refractivity contribution in [3.8, 4) is 5.75 Å². The van der Waals surface area contributed by atoms with E-state index in [1.807, 2.05) is 12.4 Å². The van der Waals surface area contributed by atoms with Crippen LogP contribution in [-0.2, 0) is 16.1 Å². The third-order valence-corrected chi connectivity index (χ3v) is 6.18. The molecule has 9 nitrogen and oxygen atoms in total. The lowest BCUT2D eigenvalue weighted by atomic mass is 10.0. The molecule has 2 heterocycles. The van der Waals surface area contributed by atoms with Gasteiger partial charge in [-0.15, -0.1) is 0 Å². The van der Waals surface area contributed by atoms with E-state index in [0.29, 0.717) is 43.1 Å². The largest absolute Gasteiger partial charge is 0.491 e. The average molecular weight is 470 g/mol. The average Bonchev–Trinajstić information content (AvgIpc) is 2.84. The Bertz CT molecular complexity index is 971. The minimum absolute atomic E-state index is 0.0363. The molecule has 0 saturated heterocycles. The summed E-state index contributed by atoms with van der Waals surface area (Å²) in [6.07, 6.45) is 5.39. The Morgan fingerprint density at radius 1 is 1.24 bits per heavy atom. The minimum Gasteiger partial charge on any atom is -0.491 e. The maximum atomic E-state index is 13.3. The molecule has 9 heteroatoms. The van der Waals surface area contributed by atoms with E-state index >= 15 is 0 Å². The number of likely N-dealkylation sites (N-methyl/N-ethyl adjacent to an activating group) is 1. The molecule has 2 amide bonds. The number of carbonyl (C=O) groups excluding carboxylic acids is 2. The summed E-state index contributed by atoms with van der Waals surface area (Å²) in [6, 6.07) is 5.20. The van der Waals surface area contributed by atoms with Crippen LogP contribution >= 0.6 is 0 Å². The first-order chi connectivity index (χ1) is 16.3. The van der Waals surface area contributed by atoms with Gasteiger partial charge in [-0.2, -0.15) is 0 Å². The molecule has 1 aromatic carbocycles. The Morgan fingerprint density at radius 3 is 2.65 bits per heavy atom. The molecule has 184 valence electrons. The summed E-state index contributed by atoms with van der Waals surface area (Å²) in [4.78, 5) is 37.4. The first kappa shape index (κ1) is 25.6. The number of carbonyl (C=O) groups is 2. The standard InChI is InChI=1S/C25H35N5O4/c1-6-24(31)28-20-7-8-21-22(9-20)34-15-18(3)30(13-19-10-26-16-27-11-19)12-17(2)23(33-5)14-29(4)25(21)32/h7-11,16-18,23H,6,12-15H2,1-5H3,(H,28,31)/t17-,18+,23-/m1/s1. The van der Waals surface area contributed by atoms with E-state index in [4.69, 9.17) is 9.47 Å². The van der Waals surface area contributed by atoms with Gasteiger partial charge in [0, 0.05) is 76.0 Å². The van der Waals surface area contributed by atoms with E-state index in [0.717, 1.165) is 12.1 Å². The van der Waals surface area contributed by atoms with Gasteiger partial charge in [0.05, 0.1) is 11.7 Å². The van der Waals surface area contributed by atoms with Crippen molar-refractivity contribution >= 4 is 17.5 Å². The molecule has 1 aliphatic rings. The summed E-state index contributed by atoms with van der Waals surface area (Å²) < 4.78 is 12.0. The molecule has 2 aromatic rings. The van der Waals surface area contributed by atoms with E-state index in [1.54, 1.807) is 44.2 Å². The maximum Gasteiger partial charge on any atom is 0.257 e. The van der Waals surface area contributed by atoms with Crippen LogP contribution in [0.25, 0.3) is 0 Å². The Balaban J connectivity index is 1.94. The number of aromatic nitrogens is 2. The second kappa shape index (κ2) is 11.9. The zero-order valence-electron chi connectivity index (χ0n) is 20.7. The molecular weight excluding hydrogens is 434 g/mol. The number of hydrogen-bond acceptors (Lipinski definition) is 7. The fraction of sp³-hybridized carbons (Fsp3) is 0.520. The zero-order chi connectivity index (χ0) is 24.7. The van der Waals surface area contributed by atoms with E-state index in [9.17, 15) is 9.59 Å². The van der Waals surface area contributed by atoms with Gasteiger partial charge in [-0.05, 0) is 25.0 Å². The molecule has 3 rings (SSSR count). The normalized spacial score (nSPS) is 22.2. The molecule has 34 heavy (non-hydrogen) atoms. The van der Waals surface area contributed by atoms with E-state index < -0.39 is 0 Å². The number of hydrogen-bond donors (Lipinski definition) is 1. The number of ether oxygens (including phenoxy) is 2. The summed E-state index contributed by atoms with van der Waals surface area (Å²) in [5.74, 6) is 0.364. The maximum absolute atomic E-state index is 13.3. The summed E-state index contributed by atoms with van der Waals surface area (Å²) in [6.45, 7) is 8.25. The number of benzene rings is 1. The highest BCUT2D eigenvalue weighted by molar-refractivity contribution is 5.98. The fourth-order valence-corrected chi connectivity index (χ4v) is 4.04. The predicted molar refractivity (Wildman–Crippen MR) is 130 cm³/mol. The predicted octanol–water partition coefficient (Wildman–Crippen LogP) is 2.83. The van der Waals surface area contributed by atoms with Crippen molar-refractivity contribution in [3.63, 3.8) is 0 Å². The highest BCUT2D eigenvalue weighted by Crippen LogP contribution is 2.27. The number of nitrogens with one attached hydrogen (secondary N) is 1. The molecule has 0 bridgehead atoms. The van der Waals surface area contributed by atoms with E-state index in [1.165, 1.54) is 6.33 Å². The van der Waals surface area contributed by atoms with Crippen LogP contribution in [0, 0.1) is 5.92 Å². The summed E-state index contributed by atoms with van der Waals surface area (Å²) in [5.41, 5.74) is 2.07. The van der Waals surface area contributed by atoms with Crippen molar-refractivity contribution < 1.29 is 19.1 Å². The molecule has 0 saturated carbocycles. The molecule has 1 aromatic heterocycles. The highest BCUT2D eigenvalue weighted by Gasteiger charge is 2.28. The van der Waals surface area contributed by atoms with Crippen LogP contribution in [0.15, 0.2) is 36.9 Å². The van der Waals surface area contributed by atoms with E-state index in [-0.39, 0.29) is 29.9 Å². The van der Waals surface area contributed by atoms with Crippen LogP contribution in [0.4, 0.5) is 5.69 Å². The number of amides is 2. The number of nitrogens with zero attached hydrogens (tertiary/aromatic N) is 4. The van der Waals surface area contributed by atoms with Gasteiger partial charge in [0.15, 0.2) is 0 Å². The zero-order valence-corrected chi connectivity index (χ0v) is 20.7. The summed E-state index contributed by atoms with van der Waals surface area (Å²) in [5, 5.41) is 2.84. The van der Waals surface area contributed by atoms with Gasteiger partial charge in [0.2, 0.25) is 5.91 Å². The van der Waals surface area contributed by atoms with Crippen LogP contribution in [0.3, 0.4) is 0 Å². The first-order valence-corrected chi connectivity index (χ1v) is 11.6. The van der Waals surface area contributed by atoms with Crippen molar-refractivity contribution in [2.45, 2.75) is 45.9 Å². The Labute approximate surface area is 201 Å². The summed E-state index contributed by atoms with van der Waals surface area (Å²) >= 11 is 0. The van der Waals surface area contributed by atoms with Crippen LogP contribution in [0.1, 0.15) is 43.1 Å². The lowest BCUT2D eigenvalue weighted by Crippen LogP contribution is -2.46. The molecule has 0 spiro atoms. The summed E-state index contributed by atoms with van der Waals surface area (Å²) in [7, 11) is 3.45. The van der Waals surface area contributed by atoms with Crippen molar-refractivity contribution in [1.82, 2.24) is 19.8 Å². The molecule has 1 N–H and O–H groups in total. The molecule has 3 atom stereocenters. The Hall–Kier alpha value is -3.04. The Kier molecular flexibility index (Phi) is 8.95. The van der Waals surface area contributed by atoms with Crippen LogP contribution in [0.2, 0.25) is 0 Å². The van der Waals surface area contributed by atoms with Crippen molar-refractivity contribution in [2.24, 2.45) is 5.92 Å².